The molecule has 2 aromatic carbocycles. The van der Waals surface area contributed by atoms with Crippen LogP contribution >= 0.6 is 0 Å². The van der Waals surface area contributed by atoms with Gasteiger partial charge in [0.05, 0.1) is 11.9 Å². The zero-order chi connectivity index (χ0) is 18.5. The van der Waals surface area contributed by atoms with Gasteiger partial charge in [0.2, 0.25) is 5.95 Å². The van der Waals surface area contributed by atoms with E-state index in [0.29, 0.717) is 17.2 Å². The van der Waals surface area contributed by atoms with E-state index >= 15 is 0 Å². The first-order chi connectivity index (χ1) is 13.3. The molecule has 0 spiro atoms. The highest BCUT2D eigenvalue weighted by molar-refractivity contribution is 5.59. The van der Waals surface area contributed by atoms with Gasteiger partial charge in [-0.15, -0.1) is 5.10 Å². The van der Waals surface area contributed by atoms with Gasteiger partial charge in [-0.05, 0) is 37.1 Å². The summed E-state index contributed by atoms with van der Waals surface area (Å²) in [5, 5.41) is 11.5. The van der Waals surface area contributed by atoms with Gasteiger partial charge in [-0.1, -0.05) is 42.5 Å². The van der Waals surface area contributed by atoms with Gasteiger partial charge < -0.3 is 5.32 Å². The third kappa shape index (κ3) is 4.46. The van der Waals surface area contributed by atoms with E-state index in [1.54, 1.807) is 18.2 Å². The molecular formula is C21H22FN5. The van der Waals surface area contributed by atoms with E-state index < -0.39 is 0 Å². The van der Waals surface area contributed by atoms with E-state index in [1.807, 2.05) is 6.07 Å². The smallest absolute Gasteiger partial charge is 0.243 e. The molecule has 1 fully saturated rings. The minimum Gasteiger partial charge on any atom is -0.349 e. The highest BCUT2D eigenvalue weighted by Gasteiger charge is 2.21. The fourth-order valence-electron chi connectivity index (χ4n) is 3.50. The van der Waals surface area contributed by atoms with Crippen molar-refractivity contribution >= 4 is 5.95 Å². The van der Waals surface area contributed by atoms with E-state index in [1.165, 1.54) is 17.8 Å². The Morgan fingerprint density at radius 1 is 1.07 bits per heavy atom. The van der Waals surface area contributed by atoms with Crippen LogP contribution in [0.25, 0.3) is 11.3 Å². The molecule has 1 aliphatic heterocycles. The van der Waals surface area contributed by atoms with Crippen LogP contribution in [0.1, 0.15) is 18.4 Å². The summed E-state index contributed by atoms with van der Waals surface area (Å²) in [6.07, 6.45) is 3.66. The second-order valence-corrected chi connectivity index (χ2v) is 6.85. The predicted molar refractivity (Wildman–Crippen MR) is 104 cm³/mol. The summed E-state index contributed by atoms with van der Waals surface area (Å²) in [4.78, 5) is 6.90. The molecule has 0 radical (unpaired) electrons. The molecule has 0 unspecified atom stereocenters. The van der Waals surface area contributed by atoms with Gasteiger partial charge in [0, 0.05) is 24.7 Å². The van der Waals surface area contributed by atoms with Crippen molar-refractivity contribution < 1.29 is 4.39 Å². The molecule has 3 aromatic rings. The van der Waals surface area contributed by atoms with Crippen molar-refractivity contribution in [1.82, 2.24) is 20.1 Å². The van der Waals surface area contributed by atoms with Crippen molar-refractivity contribution in [2.75, 3.05) is 18.4 Å². The van der Waals surface area contributed by atoms with Gasteiger partial charge in [-0.3, -0.25) is 4.90 Å². The van der Waals surface area contributed by atoms with Crippen molar-refractivity contribution in [1.29, 1.82) is 0 Å². The van der Waals surface area contributed by atoms with Crippen LogP contribution in [0.5, 0.6) is 0 Å². The largest absolute Gasteiger partial charge is 0.349 e. The summed E-state index contributed by atoms with van der Waals surface area (Å²) in [7, 11) is 0. The summed E-state index contributed by atoms with van der Waals surface area (Å²) < 4.78 is 14.0. The number of aromatic nitrogens is 3. The number of halogens is 1. The molecule has 0 amide bonds. The SMILES string of the molecule is Fc1ccccc1-c1cnnc(N[C@H]2CCCN(Cc3ccccc3)C2)n1. The second-order valence-electron chi connectivity index (χ2n) is 6.85. The molecule has 1 aliphatic rings. The van der Waals surface area contributed by atoms with Crippen molar-refractivity contribution in [2.24, 2.45) is 0 Å². The van der Waals surface area contributed by atoms with Gasteiger partial charge in [0.1, 0.15) is 5.82 Å². The second kappa shape index (κ2) is 8.22. The van der Waals surface area contributed by atoms with Crippen LogP contribution in [0, 0.1) is 5.82 Å². The fourth-order valence-corrected chi connectivity index (χ4v) is 3.50. The van der Waals surface area contributed by atoms with E-state index in [9.17, 15) is 4.39 Å². The number of hydrogen-bond donors (Lipinski definition) is 1. The lowest BCUT2D eigenvalue weighted by Crippen LogP contribution is -2.41. The average molecular weight is 363 g/mol. The van der Waals surface area contributed by atoms with Gasteiger partial charge >= 0.3 is 0 Å². The highest BCUT2D eigenvalue weighted by Crippen LogP contribution is 2.21. The van der Waals surface area contributed by atoms with Crippen LogP contribution in [-0.2, 0) is 6.54 Å². The molecule has 0 saturated carbocycles. The predicted octanol–water partition coefficient (Wildman–Crippen LogP) is 3.75. The molecule has 1 atom stereocenters. The van der Waals surface area contributed by atoms with Gasteiger partial charge in [-0.2, -0.15) is 5.10 Å². The average Bonchev–Trinajstić information content (AvgIpc) is 2.70. The van der Waals surface area contributed by atoms with E-state index in [4.69, 9.17) is 0 Å². The normalized spacial score (nSPS) is 17.6. The van der Waals surface area contributed by atoms with Gasteiger partial charge in [0.15, 0.2) is 0 Å². The Labute approximate surface area is 158 Å². The van der Waals surface area contributed by atoms with Gasteiger partial charge in [-0.25, -0.2) is 9.37 Å². The van der Waals surface area contributed by atoms with Crippen LogP contribution in [0.2, 0.25) is 0 Å². The Hall–Kier alpha value is -2.86. The number of nitrogens with zero attached hydrogens (tertiary/aromatic N) is 4. The van der Waals surface area contributed by atoms with Crippen molar-refractivity contribution in [3.63, 3.8) is 0 Å². The Morgan fingerprint density at radius 3 is 2.74 bits per heavy atom. The summed E-state index contributed by atoms with van der Waals surface area (Å²) >= 11 is 0. The first kappa shape index (κ1) is 17.5. The number of nitrogens with one attached hydrogen (secondary N) is 1. The Balaban J connectivity index is 1.43. The third-order valence-electron chi connectivity index (χ3n) is 4.80. The number of rotatable bonds is 5. The summed E-state index contributed by atoms with van der Waals surface area (Å²) in [5.41, 5.74) is 2.24. The lowest BCUT2D eigenvalue weighted by atomic mass is 10.0. The maximum atomic E-state index is 14.0. The molecule has 138 valence electrons. The minimum absolute atomic E-state index is 0.250. The van der Waals surface area contributed by atoms with Gasteiger partial charge in [0.25, 0.3) is 0 Å². The number of hydrogen-bond acceptors (Lipinski definition) is 5. The third-order valence-corrected chi connectivity index (χ3v) is 4.80. The Morgan fingerprint density at radius 2 is 1.89 bits per heavy atom. The fraction of sp³-hybridized carbons (Fsp3) is 0.286. The van der Waals surface area contributed by atoms with Crippen molar-refractivity contribution in [3.05, 3.63) is 72.2 Å². The van der Waals surface area contributed by atoms with Crippen LogP contribution in [0.3, 0.4) is 0 Å². The molecule has 0 bridgehead atoms. The molecule has 4 rings (SSSR count). The molecule has 1 saturated heterocycles. The lowest BCUT2D eigenvalue weighted by molar-refractivity contribution is 0.208. The first-order valence-electron chi connectivity index (χ1n) is 9.25. The Bertz CT molecular complexity index is 887. The minimum atomic E-state index is -0.310. The summed E-state index contributed by atoms with van der Waals surface area (Å²) in [5.74, 6) is 0.137. The maximum absolute atomic E-state index is 14.0. The van der Waals surface area contributed by atoms with Crippen LogP contribution in [0.15, 0.2) is 60.8 Å². The molecule has 2 heterocycles. The number of likely N-dealkylation sites (tertiary alicyclic amines) is 1. The first-order valence-corrected chi connectivity index (χ1v) is 9.25. The summed E-state index contributed by atoms with van der Waals surface area (Å²) in [6.45, 7) is 2.94. The zero-order valence-corrected chi connectivity index (χ0v) is 15.1. The number of benzene rings is 2. The molecule has 5 nitrogen and oxygen atoms in total. The molecular weight excluding hydrogens is 341 g/mol. The lowest BCUT2D eigenvalue weighted by Gasteiger charge is -2.33. The van der Waals surface area contributed by atoms with Crippen LogP contribution < -0.4 is 5.32 Å². The topological polar surface area (TPSA) is 53.9 Å². The van der Waals surface area contributed by atoms with Crippen molar-refractivity contribution in [2.45, 2.75) is 25.4 Å². The molecule has 1 N–H and O–H groups in total. The van der Waals surface area contributed by atoms with Crippen molar-refractivity contribution in [3.8, 4) is 11.3 Å². The quantitative estimate of drug-likeness (QED) is 0.748. The molecule has 1 aromatic heterocycles. The monoisotopic (exact) mass is 363 g/mol. The molecule has 27 heavy (non-hydrogen) atoms. The van der Waals surface area contributed by atoms with E-state index in [2.05, 4.69) is 49.7 Å². The van der Waals surface area contributed by atoms with E-state index in [-0.39, 0.29) is 11.9 Å². The maximum Gasteiger partial charge on any atom is 0.243 e. The van der Waals surface area contributed by atoms with E-state index in [0.717, 1.165) is 32.5 Å². The zero-order valence-electron chi connectivity index (χ0n) is 15.1. The summed E-state index contributed by atoms with van der Waals surface area (Å²) in [6, 6.07) is 17.3. The molecule has 6 heteroatoms. The Kier molecular flexibility index (Phi) is 5.34. The van der Waals surface area contributed by atoms with Crippen LogP contribution in [-0.4, -0.2) is 39.2 Å². The number of piperidine rings is 1. The number of anilines is 1. The molecule has 0 aliphatic carbocycles. The standard InChI is InChI=1S/C21H22FN5/c22-19-11-5-4-10-18(19)20-13-23-26-21(25-20)24-17-9-6-12-27(15-17)14-16-7-2-1-3-8-16/h1-5,7-8,10-11,13,17H,6,9,12,14-15H2,(H,24,25,26)/t17-/m0/s1. The van der Waals surface area contributed by atoms with Crippen LogP contribution in [0.4, 0.5) is 10.3 Å². The highest BCUT2D eigenvalue weighted by atomic mass is 19.1.